The number of nitro groups is 1. The van der Waals surface area contributed by atoms with Crippen molar-refractivity contribution in [2.45, 2.75) is 46.5 Å². The first kappa shape index (κ1) is 20.4. The monoisotopic (exact) mass is 372 g/mol. The standard InChI is InChI=1S/C20H24N2O5/c1-20(2,3)14-17(23)27-21-13-12-16(18(19(21)24)22(25)26)11-7-10-15-8-5-4-6-9-15/h4-6,8-9,12-13H,7,10-11,14H2,1-3H3. The van der Waals surface area contributed by atoms with Gasteiger partial charge in [0.25, 0.3) is 0 Å². The Balaban J connectivity index is 2.15. The molecule has 1 aromatic heterocycles. The van der Waals surface area contributed by atoms with Crippen LogP contribution in [0, 0.1) is 15.5 Å². The lowest BCUT2D eigenvalue weighted by molar-refractivity contribution is -0.387. The van der Waals surface area contributed by atoms with Crippen LogP contribution >= 0.6 is 0 Å². The number of aryl methyl sites for hydroxylation is 2. The maximum atomic E-state index is 12.4. The summed E-state index contributed by atoms with van der Waals surface area (Å²) in [6, 6.07) is 11.2. The molecule has 1 aromatic carbocycles. The molecular weight excluding hydrogens is 348 g/mol. The third-order valence-corrected chi connectivity index (χ3v) is 3.93. The van der Waals surface area contributed by atoms with Gasteiger partial charge in [0.15, 0.2) is 0 Å². The number of hydrogen-bond donors (Lipinski definition) is 0. The van der Waals surface area contributed by atoms with Gasteiger partial charge in [-0.2, -0.15) is 0 Å². The number of hydrogen-bond acceptors (Lipinski definition) is 5. The highest BCUT2D eigenvalue weighted by Crippen LogP contribution is 2.19. The molecule has 144 valence electrons. The van der Waals surface area contributed by atoms with Crippen LogP contribution < -0.4 is 10.4 Å². The van der Waals surface area contributed by atoms with Gasteiger partial charge in [-0.3, -0.25) is 14.9 Å². The predicted octanol–water partition coefficient (Wildman–Crippen LogP) is 3.32. The van der Waals surface area contributed by atoms with Crippen molar-refractivity contribution in [3.63, 3.8) is 0 Å². The van der Waals surface area contributed by atoms with Crippen molar-refractivity contribution in [2.75, 3.05) is 0 Å². The van der Waals surface area contributed by atoms with E-state index in [-0.39, 0.29) is 11.8 Å². The lowest BCUT2D eigenvalue weighted by Gasteiger charge is -2.16. The van der Waals surface area contributed by atoms with Gasteiger partial charge in [0, 0.05) is 11.8 Å². The molecule has 0 saturated heterocycles. The lowest BCUT2D eigenvalue weighted by atomic mass is 9.93. The lowest BCUT2D eigenvalue weighted by Crippen LogP contribution is -2.33. The van der Waals surface area contributed by atoms with Crippen molar-refractivity contribution >= 4 is 11.7 Å². The number of rotatable bonds is 7. The Morgan fingerprint density at radius 3 is 2.41 bits per heavy atom. The van der Waals surface area contributed by atoms with Gasteiger partial charge in [0.1, 0.15) is 0 Å². The molecule has 0 unspecified atom stereocenters. The summed E-state index contributed by atoms with van der Waals surface area (Å²) >= 11 is 0. The normalized spacial score (nSPS) is 11.2. The quantitative estimate of drug-likeness (QED) is 0.549. The van der Waals surface area contributed by atoms with Crippen LogP contribution in [0.25, 0.3) is 0 Å². The van der Waals surface area contributed by atoms with Crippen LogP contribution in [0.3, 0.4) is 0 Å². The van der Waals surface area contributed by atoms with Gasteiger partial charge in [-0.05, 0) is 36.3 Å². The van der Waals surface area contributed by atoms with Crippen LogP contribution in [0.15, 0.2) is 47.4 Å². The zero-order valence-electron chi connectivity index (χ0n) is 15.8. The highest BCUT2D eigenvalue weighted by Gasteiger charge is 2.24. The molecule has 1 heterocycles. The second-order valence-electron chi connectivity index (χ2n) is 7.62. The summed E-state index contributed by atoms with van der Waals surface area (Å²) < 4.78 is 0.646. The zero-order chi connectivity index (χ0) is 20.0. The fourth-order valence-corrected chi connectivity index (χ4v) is 2.72. The van der Waals surface area contributed by atoms with Crippen LogP contribution in [0.2, 0.25) is 0 Å². The fraction of sp³-hybridized carbons (Fsp3) is 0.400. The van der Waals surface area contributed by atoms with E-state index in [9.17, 15) is 19.7 Å². The minimum absolute atomic E-state index is 0.0893. The average Bonchev–Trinajstić information content (AvgIpc) is 2.56. The van der Waals surface area contributed by atoms with Crippen LogP contribution in [0.4, 0.5) is 5.69 Å². The summed E-state index contributed by atoms with van der Waals surface area (Å²) in [5.74, 6) is -0.615. The summed E-state index contributed by atoms with van der Waals surface area (Å²) in [5.41, 5.74) is -0.327. The number of benzene rings is 1. The topological polar surface area (TPSA) is 91.4 Å². The maximum Gasteiger partial charge on any atom is 0.361 e. The van der Waals surface area contributed by atoms with E-state index in [1.54, 1.807) is 0 Å². The third-order valence-electron chi connectivity index (χ3n) is 3.93. The van der Waals surface area contributed by atoms with E-state index in [4.69, 9.17) is 4.84 Å². The van der Waals surface area contributed by atoms with E-state index in [2.05, 4.69) is 0 Å². The molecule has 2 rings (SSSR count). The first-order valence-electron chi connectivity index (χ1n) is 8.81. The summed E-state index contributed by atoms with van der Waals surface area (Å²) in [6.45, 7) is 5.57. The molecule has 0 amide bonds. The number of nitrogens with zero attached hydrogens (tertiary/aromatic N) is 2. The molecule has 7 heteroatoms. The SMILES string of the molecule is CC(C)(C)CC(=O)On1ccc(CCCc2ccccc2)c([N+](=O)[O-])c1=O. The summed E-state index contributed by atoms with van der Waals surface area (Å²) in [7, 11) is 0. The van der Waals surface area contributed by atoms with Gasteiger partial charge in [-0.1, -0.05) is 51.1 Å². The van der Waals surface area contributed by atoms with Gasteiger partial charge < -0.3 is 4.84 Å². The van der Waals surface area contributed by atoms with Crippen LogP contribution in [0.5, 0.6) is 0 Å². The number of pyridine rings is 1. The van der Waals surface area contributed by atoms with E-state index >= 15 is 0 Å². The number of carbonyl (C=O) groups excluding carboxylic acids is 1. The van der Waals surface area contributed by atoms with Gasteiger partial charge in [-0.25, -0.2) is 4.79 Å². The molecule has 0 aliphatic carbocycles. The molecule has 0 aliphatic heterocycles. The Morgan fingerprint density at radius 1 is 1.15 bits per heavy atom. The van der Waals surface area contributed by atoms with Crippen LogP contribution in [-0.2, 0) is 17.6 Å². The second kappa shape index (κ2) is 8.62. The zero-order valence-corrected chi connectivity index (χ0v) is 15.8. The third kappa shape index (κ3) is 6.06. The molecule has 0 N–H and O–H groups in total. The number of aromatic nitrogens is 1. The van der Waals surface area contributed by atoms with Gasteiger partial charge in [0.2, 0.25) is 0 Å². The summed E-state index contributed by atoms with van der Waals surface area (Å²) in [6.07, 6.45) is 3.16. The van der Waals surface area contributed by atoms with Crippen molar-refractivity contribution in [3.8, 4) is 0 Å². The highest BCUT2D eigenvalue weighted by molar-refractivity contribution is 5.70. The first-order chi connectivity index (χ1) is 12.7. The van der Waals surface area contributed by atoms with Gasteiger partial charge in [0.05, 0.1) is 11.3 Å². The van der Waals surface area contributed by atoms with E-state index in [0.717, 1.165) is 12.0 Å². The van der Waals surface area contributed by atoms with Crippen molar-refractivity contribution in [1.82, 2.24) is 4.73 Å². The van der Waals surface area contributed by atoms with Crippen molar-refractivity contribution in [3.05, 3.63) is 74.2 Å². The Hall–Kier alpha value is -2.96. The van der Waals surface area contributed by atoms with Crippen LogP contribution in [-0.4, -0.2) is 15.6 Å². The van der Waals surface area contributed by atoms with E-state index in [1.165, 1.54) is 12.3 Å². The molecule has 0 aliphatic rings. The molecule has 2 aromatic rings. The number of carbonyl (C=O) groups is 1. The smallest absolute Gasteiger partial charge is 0.333 e. The predicted molar refractivity (Wildman–Crippen MR) is 101 cm³/mol. The second-order valence-corrected chi connectivity index (χ2v) is 7.62. The van der Waals surface area contributed by atoms with Crippen LogP contribution in [0.1, 0.15) is 44.7 Å². The maximum absolute atomic E-state index is 12.4. The Bertz CT molecular complexity index is 866. The largest absolute Gasteiger partial charge is 0.361 e. The summed E-state index contributed by atoms with van der Waals surface area (Å²) in [5, 5.41) is 11.4. The van der Waals surface area contributed by atoms with Gasteiger partial charge in [-0.15, -0.1) is 4.73 Å². The Morgan fingerprint density at radius 2 is 1.81 bits per heavy atom. The minimum atomic E-state index is -0.931. The van der Waals surface area contributed by atoms with E-state index < -0.39 is 22.1 Å². The van der Waals surface area contributed by atoms with E-state index in [0.29, 0.717) is 23.1 Å². The Kier molecular flexibility index (Phi) is 6.50. The Labute approximate surface area is 157 Å². The molecule has 7 nitrogen and oxygen atoms in total. The molecule has 0 fully saturated rings. The fourth-order valence-electron chi connectivity index (χ4n) is 2.72. The molecule has 27 heavy (non-hydrogen) atoms. The van der Waals surface area contributed by atoms with Gasteiger partial charge >= 0.3 is 17.2 Å². The van der Waals surface area contributed by atoms with Crippen molar-refractivity contribution in [1.29, 1.82) is 0 Å². The molecule has 0 atom stereocenters. The highest BCUT2D eigenvalue weighted by atomic mass is 16.7. The average molecular weight is 372 g/mol. The summed E-state index contributed by atoms with van der Waals surface area (Å²) in [4.78, 5) is 40.0. The molecule has 0 radical (unpaired) electrons. The van der Waals surface area contributed by atoms with E-state index in [1.807, 2.05) is 51.1 Å². The van der Waals surface area contributed by atoms with Crippen molar-refractivity contribution < 1.29 is 14.6 Å². The first-order valence-corrected chi connectivity index (χ1v) is 8.81. The molecule has 0 spiro atoms. The molecule has 0 bridgehead atoms. The van der Waals surface area contributed by atoms with Crippen molar-refractivity contribution in [2.24, 2.45) is 5.41 Å². The minimum Gasteiger partial charge on any atom is -0.333 e. The molecular formula is C20H24N2O5. The molecule has 0 saturated carbocycles.